The molecule has 2 aromatic carbocycles. The molecule has 2 N–H and O–H groups in total. The number of amides is 2. The van der Waals surface area contributed by atoms with Gasteiger partial charge in [0.2, 0.25) is 5.91 Å². The zero-order chi connectivity index (χ0) is 24.5. The van der Waals surface area contributed by atoms with Crippen molar-refractivity contribution in [3.63, 3.8) is 0 Å². The number of methoxy groups -OCH3 is 1. The molecule has 0 saturated carbocycles. The van der Waals surface area contributed by atoms with Gasteiger partial charge in [-0.15, -0.1) is 0 Å². The first-order valence-electron chi connectivity index (χ1n) is 10.1. The minimum absolute atomic E-state index is 0.0567. The lowest BCUT2D eigenvalue weighted by atomic mass is 10.2. The lowest BCUT2D eigenvalue weighted by Gasteiger charge is -2.22. The monoisotopic (exact) mass is 480 g/mol. The number of hydrogen-bond donors (Lipinski definition) is 1. The second kappa shape index (κ2) is 12.1. The molecule has 0 saturated heterocycles. The number of carbonyl (C=O) groups excluding carboxylic acids is 3. The first-order valence-corrected chi connectivity index (χ1v) is 10.5. The fourth-order valence-corrected chi connectivity index (χ4v) is 3.02. The average Bonchev–Trinajstić information content (AvgIpc) is 2.76. The topological polar surface area (TPSA) is 108 Å². The molecule has 33 heavy (non-hydrogen) atoms. The van der Waals surface area contributed by atoms with E-state index in [-0.39, 0.29) is 35.2 Å². The second-order valence-electron chi connectivity index (χ2n) is 7.51. The number of ether oxygens (including phenoxy) is 3. The van der Waals surface area contributed by atoms with Crippen molar-refractivity contribution in [3.05, 3.63) is 52.8 Å². The predicted octanol–water partition coefficient (Wildman–Crippen LogP) is 3.59. The van der Waals surface area contributed by atoms with Crippen LogP contribution in [0.25, 0.3) is 0 Å². The van der Waals surface area contributed by atoms with Gasteiger partial charge in [0.15, 0.2) is 18.1 Å². The van der Waals surface area contributed by atoms with Crippen molar-refractivity contribution in [2.45, 2.75) is 20.3 Å². The Kier molecular flexibility index (Phi) is 9.47. The van der Waals surface area contributed by atoms with E-state index in [1.54, 1.807) is 0 Å². The zero-order valence-corrected chi connectivity index (χ0v) is 19.4. The van der Waals surface area contributed by atoms with E-state index in [2.05, 4.69) is 0 Å². The second-order valence-corrected chi connectivity index (χ2v) is 7.92. The third-order valence-electron chi connectivity index (χ3n) is 4.37. The summed E-state index contributed by atoms with van der Waals surface area (Å²) in [6.45, 7) is 3.67. The lowest BCUT2D eigenvalue weighted by molar-refractivity contribution is -0.121. The molecule has 0 unspecified atom stereocenters. The van der Waals surface area contributed by atoms with E-state index >= 15 is 0 Å². The Labute approximate surface area is 196 Å². The van der Waals surface area contributed by atoms with Gasteiger partial charge in [-0.3, -0.25) is 9.59 Å². The number of primary amides is 1. The predicted molar refractivity (Wildman–Crippen MR) is 121 cm³/mol. The highest BCUT2D eigenvalue weighted by molar-refractivity contribution is 6.32. The standard InChI is InChI=1S/C23H26ClFN2O6/c1-14(2)12-32-22-18(24)10-15(11-19(22)31-3)23(30)33-13-21(29)27(9-8-20(26)28)17-6-4-16(25)5-7-17/h4-7,10-11,14H,8-9,12-13H2,1-3H3,(H2,26,28). The summed E-state index contributed by atoms with van der Waals surface area (Å²) in [4.78, 5) is 37.6. The minimum Gasteiger partial charge on any atom is -0.493 e. The lowest BCUT2D eigenvalue weighted by Crippen LogP contribution is -2.37. The van der Waals surface area contributed by atoms with Crippen LogP contribution in [0, 0.1) is 11.7 Å². The number of esters is 1. The molecule has 2 aromatic rings. The summed E-state index contributed by atoms with van der Waals surface area (Å²) in [6.07, 6.45) is -0.123. The van der Waals surface area contributed by atoms with Crippen LogP contribution in [0.5, 0.6) is 11.5 Å². The van der Waals surface area contributed by atoms with Gasteiger partial charge >= 0.3 is 5.97 Å². The van der Waals surface area contributed by atoms with Gasteiger partial charge in [-0.25, -0.2) is 9.18 Å². The van der Waals surface area contributed by atoms with Crippen LogP contribution in [0.4, 0.5) is 10.1 Å². The molecule has 10 heteroatoms. The van der Waals surface area contributed by atoms with Crippen molar-refractivity contribution < 1.29 is 33.0 Å². The number of halogens is 2. The smallest absolute Gasteiger partial charge is 0.338 e. The summed E-state index contributed by atoms with van der Waals surface area (Å²) in [5.74, 6) is -1.74. The van der Waals surface area contributed by atoms with E-state index in [0.29, 0.717) is 18.0 Å². The van der Waals surface area contributed by atoms with E-state index in [4.69, 9.17) is 31.5 Å². The quantitative estimate of drug-likeness (QED) is 0.492. The van der Waals surface area contributed by atoms with E-state index in [1.165, 1.54) is 48.4 Å². The van der Waals surface area contributed by atoms with Crippen molar-refractivity contribution in [2.24, 2.45) is 11.7 Å². The van der Waals surface area contributed by atoms with Gasteiger partial charge in [-0.1, -0.05) is 25.4 Å². The van der Waals surface area contributed by atoms with E-state index in [1.807, 2.05) is 13.8 Å². The molecule has 0 aliphatic rings. The summed E-state index contributed by atoms with van der Waals surface area (Å²) >= 11 is 6.26. The minimum atomic E-state index is -0.812. The van der Waals surface area contributed by atoms with Crippen molar-refractivity contribution in [1.82, 2.24) is 0 Å². The van der Waals surface area contributed by atoms with Crippen LogP contribution < -0.4 is 20.1 Å². The van der Waals surface area contributed by atoms with Gasteiger partial charge in [-0.05, 0) is 42.3 Å². The van der Waals surface area contributed by atoms with Crippen molar-refractivity contribution in [2.75, 3.05) is 31.8 Å². The molecule has 0 aromatic heterocycles. The van der Waals surface area contributed by atoms with Gasteiger partial charge in [0.25, 0.3) is 5.91 Å². The van der Waals surface area contributed by atoms with Gasteiger partial charge in [0.05, 0.1) is 24.3 Å². The van der Waals surface area contributed by atoms with Crippen LogP contribution in [0.15, 0.2) is 36.4 Å². The van der Waals surface area contributed by atoms with Gasteiger partial charge in [0.1, 0.15) is 5.82 Å². The highest BCUT2D eigenvalue weighted by atomic mass is 35.5. The van der Waals surface area contributed by atoms with Crippen LogP contribution in [-0.2, 0) is 14.3 Å². The molecule has 178 valence electrons. The third kappa shape index (κ3) is 7.64. The molecule has 0 radical (unpaired) electrons. The molecule has 2 amide bonds. The van der Waals surface area contributed by atoms with E-state index < -0.39 is 30.2 Å². The number of anilines is 1. The number of rotatable bonds is 11. The maximum Gasteiger partial charge on any atom is 0.338 e. The molecule has 0 atom stereocenters. The number of carbonyl (C=O) groups is 3. The molecule has 0 aliphatic heterocycles. The Morgan fingerprint density at radius 1 is 1.15 bits per heavy atom. The average molecular weight is 481 g/mol. The molecule has 8 nitrogen and oxygen atoms in total. The summed E-state index contributed by atoms with van der Waals surface area (Å²) in [5.41, 5.74) is 5.57. The third-order valence-corrected chi connectivity index (χ3v) is 4.65. The molecule has 0 bridgehead atoms. The molecule has 2 rings (SSSR count). The molecule has 0 aliphatic carbocycles. The molecule has 0 fully saturated rings. The fraction of sp³-hybridized carbons (Fsp3) is 0.348. The highest BCUT2D eigenvalue weighted by Crippen LogP contribution is 2.37. The van der Waals surface area contributed by atoms with E-state index in [0.717, 1.165) is 0 Å². The fourth-order valence-electron chi connectivity index (χ4n) is 2.76. The van der Waals surface area contributed by atoms with Crippen LogP contribution in [0.3, 0.4) is 0 Å². The SMILES string of the molecule is COc1cc(C(=O)OCC(=O)N(CCC(N)=O)c2ccc(F)cc2)cc(Cl)c1OCC(C)C. The first kappa shape index (κ1) is 25.9. The van der Waals surface area contributed by atoms with E-state index in [9.17, 15) is 18.8 Å². The molecular weight excluding hydrogens is 455 g/mol. The summed E-state index contributed by atoms with van der Waals surface area (Å²) in [5, 5.41) is 0.155. The molecular formula is C23H26ClFN2O6. The summed E-state index contributed by atoms with van der Waals surface area (Å²) in [6, 6.07) is 7.84. The maximum atomic E-state index is 13.2. The Hall–Kier alpha value is -3.33. The molecule has 0 heterocycles. The summed E-state index contributed by atoms with van der Waals surface area (Å²) < 4.78 is 29.3. The maximum absolute atomic E-state index is 13.2. The van der Waals surface area contributed by atoms with Crippen LogP contribution in [0.1, 0.15) is 30.6 Å². The highest BCUT2D eigenvalue weighted by Gasteiger charge is 2.21. The number of nitrogens with two attached hydrogens (primary N) is 1. The van der Waals surface area contributed by atoms with Crippen molar-refractivity contribution in [1.29, 1.82) is 0 Å². The van der Waals surface area contributed by atoms with Gasteiger partial charge in [-0.2, -0.15) is 0 Å². The number of nitrogens with zero attached hydrogens (tertiary/aromatic N) is 1. The Morgan fingerprint density at radius 3 is 2.39 bits per heavy atom. The van der Waals surface area contributed by atoms with Crippen molar-refractivity contribution in [3.8, 4) is 11.5 Å². The number of benzene rings is 2. The Morgan fingerprint density at radius 2 is 1.82 bits per heavy atom. The van der Waals surface area contributed by atoms with Gasteiger partial charge in [0, 0.05) is 18.7 Å². The first-order chi connectivity index (χ1) is 15.6. The Bertz CT molecular complexity index is 997. The Balaban J connectivity index is 2.13. The van der Waals surface area contributed by atoms with Crippen LogP contribution in [-0.4, -0.2) is 44.7 Å². The zero-order valence-electron chi connectivity index (χ0n) is 18.6. The van der Waals surface area contributed by atoms with Crippen molar-refractivity contribution >= 4 is 35.1 Å². The number of hydrogen-bond acceptors (Lipinski definition) is 6. The van der Waals surface area contributed by atoms with Gasteiger partial charge < -0.3 is 24.8 Å². The largest absolute Gasteiger partial charge is 0.493 e. The normalized spacial score (nSPS) is 10.6. The van der Waals surface area contributed by atoms with Crippen LogP contribution >= 0.6 is 11.6 Å². The molecule has 0 spiro atoms. The van der Waals surface area contributed by atoms with Crippen LogP contribution in [0.2, 0.25) is 5.02 Å². The summed E-state index contributed by atoms with van der Waals surface area (Å²) in [7, 11) is 1.41.